The number of anilines is 2. The van der Waals surface area contributed by atoms with Crippen LogP contribution in [0.3, 0.4) is 0 Å². The summed E-state index contributed by atoms with van der Waals surface area (Å²) in [7, 11) is -7.74. The summed E-state index contributed by atoms with van der Waals surface area (Å²) in [5.74, 6) is 0.719. The molecule has 4 N–H and O–H groups in total. The molecule has 0 bridgehead atoms. The van der Waals surface area contributed by atoms with Gasteiger partial charge in [0.1, 0.15) is 11.5 Å². The molecule has 0 spiro atoms. The van der Waals surface area contributed by atoms with Gasteiger partial charge < -0.3 is 9.05 Å². The zero-order chi connectivity index (χ0) is 23.7. The van der Waals surface area contributed by atoms with Crippen molar-refractivity contribution in [3.8, 4) is 11.5 Å². The molecule has 0 amide bonds. The molecule has 0 aromatic heterocycles. The highest BCUT2D eigenvalue weighted by Crippen LogP contribution is 2.47. The third-order valence-corrected chi connectivity index (χ3v) is 7.43. The van der Waals surface area contributed by atoms with Gasteiger partial charge in [0.05, 0.1) is 0 Å². The highest BCUT2D eigenvalue weighted by atomic mass is 31.2. The van der Waals surface area contributed by atoms with Crippen LogP contribution < -0.4 is 29.6 Å². The zero-order valence-electron chi connectivity index (χ0n) is 18.1. The second kappa shape index (κ2) is 11.1. The van der Waals surface area contributed by atoms with E-state index in [4.69, 9.17) is 9.05 Å². The van der Waals surface area contributed by atoms with Crippen LogP contribution in [-0.2, 0) is 9.13 Å². The second-order valence-corrected chi connectivity index (χ2v) is 10.6. The van der Waals surface area contributed by atoms with Crippen LogP contribution in [0, 0.1) is 0 Å². The third-order valence-electron chi connectivity index (χ3n) is 4.40. The lowest BCUT2D eigenvalue weighted by atomic mass is 10.3. The number of hydrazine groups is 1. The summed E-state index contributed by atoms with van der Waals surface area (Å²) in [6.45, 7) is 0. The number of rotatable bonds is 11. The van der Waals surface area contributed by atoms with Crippen LogP contribution >= 0.6 is 15.3 Å². The summed E-state index contributed by atoms with van der Waals surface area (Å²) in [6, 6.07) is 35.2. The van der Waals surface area contributed by atoms with Crippen molar-refractivity contribution in [2.45, 2.75) is 0 Å². The van der Waals surface area contributed by atoms with Crippen molar-refractivity contribution in [1.82, 2.24) is 10.4 Å². The van der Waals surface area contributed by atoms with E-state index >= 15 is 0 Å². The fourth-order valence-corrected chi connectivity index (χ4v) is 6.07. The van der Waals surface area contributed by atoms with Gasteiger partial charge in [-0.05, 0) is 48.5 Å². The predicted molar refractivity (Wildman–Crippen MR) is 136 cm³/mol. The number of benzene rings is 4. The maximum absolute atomic E-state index is 13.8. The number of para-hydroxylation sites is 4. The molecule has 8 nitrogen and oxygen atoms in total. The Kier molecular flexibility index (Phi) is 7.68. The molecule has 10 heteroatoms. The van der Waals surface area contributed by atoms with Gasteiger partial charge >= 0.3 is 15.3 Å². The summed E-state index contributed by atoms with van der Waals surface area (Å²) < 4.78 is 39.1. The number of hydrogen-bond acceptors (Lipinski definition) is 4. The Morgan fingerprint density at radius 3 is 1.06 bits per heavy atom. The Hall–Kier alpha value is -3.54. The predicted octanol–water partition coefficient (Wildman–Crippen LogP) is 6.68. The van der Waals surface area contributed by atoms with E-state index in [1.54, 1.807) is 97.1 Å². The molecular weight excluding hydrogens is 470 g/mol. The van der Waals surface area contributed by atoms with Gasteiger partial charge in [0.25, 0.3) is 0 Å². The van der Waals surface area contributed by atoms with Crippen molar-refractivity contribution in [1.29, 1.82) is 0 Å². The smallest absolute Gasteiger partial charge is 0.417 e. The average Bonchev–Trinajstić information content (AvgIpc) is 2.85. The summed E-state index contributed by atoms with van der Waals surface area (Å²) in [5, 5.41) is 10.9. The molecule has 34 heavy (non-hydrogen) atoms. The van der Waals surface area contributed by atoms with Gasteiger partial charge in [-0.15, -0.1) is 10.4 Å². The molecule has 0 saturated carbocycles. The minimum absolute atomic E-state index is 0.360. The van der Waals surface area contributed by atoms with Crippen LogP contribution in [0.2, 0.25) is 0 Å². The molecule has 0 radical (unpaired) electrons. The first kappa shape index (κ1) is 23.6. The molecule has 0 aliphatic heterocycles. The quantitative estimate of drug-likeness (QED) is 0.135. The second-order valence-electron chi connectivity index (χ2n) is 7.09. The lowest BCUT2D eigenvalue weighted by molar-refractivity contribution is 0.447. The number of nitrogens with one attached hydrogen (secondary N) is 4. The van der Waals surface area contributed by atoms with Gasteiger partial charge in [0.15, 0.2) is 0 Å². The normalized spacial score (nSPS) is 14.2. The highest BCUT2D eigenvalue weighted by Gasteiger charge is 2.32. The van der Waals surface area contributed by atoms with Crippen LogP contribution in [0.25, 0.3) is 0 Å². The fourth-order valence-electron chi connectivity index (χ4n) is 2.90. The summed E-state index contributed by atoms with van der Waals surface area (Å²) >= 11 is 0. The van der Waals surface area contributed by atoms with Gasteiger partial charge in [-0.25, -0.2) is 9.13 Å². The molecule has 4 aromatic carbocycles. The molecule has 0 aliphatic rings. The van der Waals surface area contributed by atoms with Crippen molar-refractivity contribution in [2.75, 3.05) is 10.2 Å². The molecule has 0 aliphatic carbocycles. The first-order valence-electron chi connectivity index (χ1n) is 10.4. The Bertz CT molecular complexity index is 1070. The molecule has 0 heterocycles. The standard InChI is InChI=1S/C24H24N4O4P2/c29-33(25-21-13-5-1-6-14-21,31-23-17-9-3-10-18-23)27-28-34(30,26-22-15-7-2-8-16-22)32-24-19-11-4-12-20-24/h1-20H,(H2,25,27,29)(H2,26,28,30). The van der Waals surface area contributed by atoms with Crippen molar-refractivity contribution >= 4 is 26.7 Å². The Labute approximate surface area is 198 Å². The topological polar surface area (TPSA) is 101 Å². The third kappa shape index (κ3) is 6.98. The van der Waals surface area contributed by atoms with E-state index in [2.05, 4.69) is 20.6 Å². The van der Waals surface area contributed by atoms with Crippen molar-refractivity contribution in [3.05, 3.63) is 121 Å². The lowest BCUT2D eigenvalue weighted by Gasteiger charge is -2.26. The maximum Gasteiger partial charge on any atom is 0.431 e. The Balaban J connectivity index is 1.59. The number of hydrogen-bond donors (Lipinski definition) is 4. The van der Waals surface area contributed by atoms with Crippen LogP contribution in [0.4, 0.5) is 11.4 Å². The molecule has 4 rings (SSSR count). The van der Waals surface area contributed by atoms with E-state index in [0.29, 0.717) is 22.9 Å². The van der Waals surface area contributed by atoms with Crippen LogP contribution in [0.5, 0.6) is 11.5 Å². The lowest BCUT2D eigenvalue weighted by Crippen LogP contribution is -2.34. The zero-order valence-corrected chi connectivity index (χ0v) is 19.9. The van der Waals surface area contributed by atoms with E-state index in [1.165, 1.54) is 0 Å². The molecular formula is C24H24N4O4P2. The van der Waals surface area contributed by atoms with Gasteiger partial charge in [0, 0.05) is 11.4 Å². The van der Waals surface area contributed by atoms with Crippen LogP contribution in [0.1, 0.15) is 0 Å². The minimum atomic E-state index is -3.87. The van der Waals surface area contributed by atoms with Crippen molar-refractivity contribution in [2.24, 2.45) is 0 Å². The largest absolute Gasteiger partial charge is 0.431 e. The van der Waals surface area contributed by atoms with E-state index in [1.807, 2.05) is 24.3 Å². The summed E-state index contributed by atoms with van der Waals surface area (Å²) in [6.07, 6.45) is 0. The maximum atomic E-state index is 13.8. The summed E-state index contributed by atoms with van der Waals surface area (Å²) in [5.41, 5.74) is 1.09. The first-order chi connectivity index (χ1) is 16.5. The van der Waals surface area contributed by atoms with Crippen LogP contribution in [0.15, 0.2) is 121 Å². The van der Waals surface area contributed by atoms with Gasteiger partial charge in [-0.1, -0.05) is 72.8 Å². The molecule has 174 valence electrons. The van der Waals surface area contributed by atoms with Gasteiger partial charge in [-0.3, -0.25) is 10.2 Å². The molecule has 2 unspecified atom stereocenters. The SMILES string of the molecule is O=P(NNP(=O)(Nc1ccccc1)Oc1ccccc1)(Nc1ccccc1)Oc1ccccc1. The molecule has 4 aromatic rings. The van der Waals surface area contributed by atoms with E-state index in [0.717, 1.165) is 0 Å². The van der Waals surface area contributed by atoms with Gasteiger partial charge in [-0.2, -0.15) is 0 Å². The van der Waals surface area contributed by atoms with E-state index in [9.17, 15) is 9.13 Å². The molecule has 0 saturated heterocycles. The van der Waals surface area contributed by atoms with Crippen molar-refractivity contribution in [3.63, 3.8) is 0 Å². The van der Waals surface area contributed by atoms with E-state index in [-0.39, 0.29) is 0 Å². The minimum Gasteiger partial charge on any atom is -0.417 e. The Morgan fingerprint density at radius 2 is 0.735 bits per heavy atom. The fraction of sp³-hybridized carbons (Fsp3) is 0. The average molecular weight is 494 g/mol. The molecule has 0 fully saturated rings. The van der Waals surface area contributed by atoms with Crippen LogP contribution in [-0.4, -0.2) is 0 Å². The van der Waals surface area contributed by atoms with Gasteiger partial charge in [0.2, 0.25) is 0 Å². The Morgan fingerprint density at radius 1 is 0.441 bits per heavy atom. The van der Waals surface area contributed by atoms with Crippen molar-refractivity contribution < 1.29 is 18.2 Å². The first-order valence-corrected chi connectivity index (χ1v) is 13.7. The monoisotopic (exact) mass is 494 g/mol. The highest BCUT2D eigenvalue weighted by molar-refractivity contribution is 7.62. The van der Waals surface area contributed by atoms with E-state index < -0.39 is 15.3 Å². The summed E-state index contributed by atoms with van der Waals surface area (Å²) in [4.78, 5) is 0. The molecule has 2 atom stereocenters.